The first-order valence-electron chi connectivity index (χ1n) is 8.60. The molecule has 4 rings (SSSR count). The van der Waals surface area contributed by atoms with Gasteiger partial charge in [-0.3, -0.25) is 9.78 Å². The van der Waals surface area contributed by atoms with Crippen LogP contribution in [0.3, 0.4) is 0 Å². The van der Waals surface area contributed by atoms with E-state index in [9.17, 15) is 4.79 Å². The van der Waals surface area contributed by atoms with Gasteiger partial charge in [-0.05, 0) is 36.8 Å². The van der Waals surface area contributed by atoms with Gasteiger partial charge in [0.25, 0.3) is 5.91 Å². The average Bonchev–Trinajstić information content (AvgIpc) is 2.71. The van der Waals surface area contributed by atoms with Gasteiger partial charge in [0, 0.05) is 28.4 Å². The number of pyridine rings is 1. The third-order valence-corrected chi connectivity index (χ3v) is 4.63. The van der Waals surface area contributed by atoms with Crippen molar-refractivity contribution in [3.8, 4) is 0 Å². The van der Waals surface area contributed by atoms with Crippen molar-refractivity contribution in [3.05, 3.63) is 83.4 Å². The summed E-state index contributed by atoms with van der Waals surface area (Å²) in [6.45, 7) is 1.93. The molecule has 2 aromatic heterocycles. The summed E-state index contributed by atoms with van der Waals surface area (Å²) in [4.78, 5) is 25.3. The average molecular weight is 390 g/mol. The second-order valence-electron chi connectivity index (χ2n) is 6.21. The van der Waals surface area contributed by atoms with E-state index in [0.717, 1.165) is 22.2 Å². The number of fused-ring (bicyclic) bond motifs is 1. The van der Waals surface area contributed by atoms with Crippen LogP contribution in [-0.4, -0.2) is 20.9 Å². The van der Waals surface area contributed by atoms with Crippen LogP contribution in [0.5, 0.6) is 0 Å². The predicted molar refractivity (Wildman–Crippen MR) is 111 cm³/mol. The van der Waals surface area contributed by atoms with Crippen LogP contribution in [0.2, 0.25) is 5.02 Å². The molecule has 0 aliphatic heterocycles. The summed E-state index contributed by atoms with van der Waals surface area (Å²) in [5.74, 6) is 0.154. The van der Waals surface area contributed by atoms with Crippen molar-refractivity contribution >= 4 is 45.6 Å². The number of carbonyl (C=O) groups is 1. The minimum Gasteiger partial charge on any atom is -0.340 e. The van der Waals surface area contributed by atoms with E-state index in [0.29, 0.717) is 16.5 Å². The molecule has 0 atom stereocenters. The van der Waals surface area contributed by atoms with Crippen LogP contribution < -0.4 is 10.6 Å². The maximum absolute atomic E-state index is 12.7. The molecule has 0 bridgehead atoms. The highest BCUT2D eigenvalue weighted by molar-refractivity contribution is 6.31. The number of aromatic nitrogens is 3. The summed E-state index contributed by atoms with van der Waals surface area (Å²) >= 11 is 6.16. The lowest BCUT2D eigenvalue weighted by Crippen LogP contribution is -2.14. The number of nitrogens with zero attached hydrogens (tertiary/aromatic N) is 3. The number of benzene rings is 2. The van der Waals surface area contributed by atoms with E-state index in [1.807, 2.05) is 49.4 Å². The minimum absolute atomic E-state index is 0.239. The minimum atomic E-state index is -0.342. The summed E-state index contributed by atoms with van der Waals surface area (Å²) < 4.78 is 0. The zero-order valence-electron chi connectivity index (χ0n) is 15.0. The lowest BCUT2D eigenvalue weighted by atomic mass is 10.2. The highest BCUT2D eigenvalue weighted by Crippen LogP contribution is 2.23. The number of hydrogen-bond donors (Lipinski definition) is 2. The van der Waals surface area contributed by atoms with Gasteiger partial charge < -0.3 is 10.6 Å². The van der Waals surface area contributed by atoms with Crippen molar-refractivity contribution in [2.75, 3.05) is 10.6 Å². The molecular weight excluding hydrogens is 374 g/mol. The number of rotatable bonds is 4. The first kappa shape index (κ1) is 17.9. The molecule has 0 fully saturated rings. The third kappa shape index (κ3) is 3.77. The zero-order chi connectivity index (χ0) is 19.5. The van der Waals surface area contributed by atoms with Crippen LogP contribution in [-0.2, 0) is 0 Å². The van der Waals surface area contributed by atoms with Crippen LogP contribution in [0.15, 0.2) is 67.1 Å². The Morgan fingerprint density at radius 3 is 2.71 bits per heavy atom. The fourth-order valence-corrected chi connectivity index (χ4v) is 2.94. The molecule has 0 unspecified atom stereocenters. The monoisotopic (exact) mass is 389 g/mol. The Labute approximate surface area is 166 Å². The van der Waals surface area contributed by atoms with Crippen LogP contribution in [0.1, 0.15) is 16.1 Å². The molecule has 138 valence electrons. The number of carbonyl (C=O) groups excluding carboxylic acids is 1. The van der Waals surface area contributed by atoms with Crippen molar-refractivity contribution in [2.45, 2.75) is 6.92 Å². The number of aryl methyl sites for hydroxylation is 1. The number of halogens is 1. The SMILES string of the molecule is Cc1ccc(Nc2cc(C(=O)Nc3cccc4cccnc34)ncn2)cc1Cl. The van der Waals surface area contributed by atoms with E-state index in [2.05, 4.69) is 25.6 Å². The Hall–Kier alpha value is -3.51. The first-order chi connectivity index (χ1) is 13.6. The lowest BCUT2D eigenvalue weighted by Gasteiger charge is -2.10. The van der Waals surface area contributed by atoms with Gasteiger partial charge in [-0.15, -0.1) is 0 Å². The van der Waals surface area contributed by atoms with E-state index in [4.69, 9.17) is 11.6 Å². The smallest absolute Gasteiger partial charge is 0.274 e. The maximum atomic E-state index is 12.7. The van der Waals surface area contributed by atoms with Gasteiger partial charge in [-0.25, -0.2) is 9.97 Å². The molecular formula is C21H16ClN5O. The van der Waals surface area contributed by atoms with Crippen molar-refractivity contribution < 1.29 is 4.79 Å². The number of para-hydroxylation sites is 1. The van der Waals surface area contributed by atoms with Crippen molar-refractivity contribution in [3.63, 3.8) is 0 Å². The normalized spacial score (nSPS) is 10.6. The molecule has 0 saturated heterocycles. The van der Waals surface area contributed by atoms with Gasteiger partial charge in [0.1, 0.15) is 17.8 Å². The first-order valence-corrected chi connectivity index (χ1v) is 8.98. The van der Waals surface area contributed by atoms with Gasteiger partial charge >= 0.3 is 0 Å². The quantitative estimate of drug-likeness (QED) is 0.514. The van der Waals surface area contributed by atoms with Gasteiger partial charge in [-0.2, -0.15) is 0 Å². The molecule has 0 radical (unpaired) electrons. The molecule has 0 saturated carbocycles. The number of hydrogen-bond acceptors (Lipinski definition) is 5. The molecule has 0 aliphatic rings. The Morgan fingerprint density at radius 1 is 1.00 bits per heavy atom. The van der Waals surface area contributed by atoms with Crippen molar-refractivity contribution in [1.82, 2.24) is 15.0 Å². The van der Waals surface area contributed by atoms with Gasteiger partial charge in [0.05, 0.1) is 11.2 Å². The predicted octanol–water partition coefficient (Wildman–Crippen LogP) is 4.98. The molecule has 2 aromatic carbocycles. The molecule has 4 aromatic rings. The molecule has 7 heteroatoms. The Morgan fingerprint density at radius 2 is 1.86 bits per heavy atom. The van der Waals surface area contributed by atoms with Crippen LogP contribution in [0.25, 0.3) is 10.9 Å². The molecule has 0 aliphatic carbocycles. The summed E-state index contributed by atoms with van der Waals surface area (Å²) in [5.41, 5.74) is 3.35. The second kappa shape index (κ2) is 7.62. The van der Waals surface area contributed by atoms with Gasteiger partial charge in [-0.1, -0.05) is 35.9 Å². The van der Waals surface area contributed by atoms with E-state index < -0.39 is 0 Å². The van der Waals surface area contributed by atoms with E-state index in [1.54, 1.807) is 18.3 Å². The van der Waals surface area contributed by atoms with Crippen LogP contribution in [0, 0.1) is 6.92 Å². The van der Waals surface area contributed by atoms with E-state index >= 15 is 0 Å². The summed E-state index contributed by atoms with van der Waals surface area (Å²) in [6, 6.07) is 16.6. The largest absolute Gasteiger partial charge is 0.340 e. The van der Waals surface area contributed by atoms with Crippen LogP contribution in [0.4, 0.5) is 17.2 Å². The zero-order valence-corrected chi connectivity index (χ0v) is 15.7. The Kier molecular flexibility index (Phi) is 4.87. The Balaban J connectivity index is 1.56. The molecule has 2 N–H and O–H groups in total. The molecule has 1 amide bonds. The Bertz CT molecular complexity index is 1170. The number of amides is 1. The van der Waals surface area contributed by atoms with Gasteiger partial charge in [0.15, 0.2) is 0 Å². The van der Waals surface area contributed by atoms with Crippen molar-refractivity contribution in [1.29, 1.82) is 0 Å². The molecule has 28 heavy (non-hydrogen) atoms. The van der Waals surface area contributed by atoms with Crippen LogP contribution >= 0.6 is 11.6 Å². The maximum Gasteiger partial charge on any atom is 0.274 e. The molecule has 6 nitrogen and oxygen atoms in total. The number of nitrogens with one attached hydrogen (secondary N) is 2. The van der Waals surface area contributed by atoms with Crippen molar-refractivity contribution in [2.24, 2.45) is 0 Å². The topological polar surface area (TPSA) is 79.8 Å². The fraction of sp³-hybridized carbons (Fsp3) is 0.0476. The molecule has 2 heterocycles. The highest BCUT2D eigenvalue weighted by atomic mass is 35.5. The standard InChI is InChI=1S/C21H16ClN5O/c1-13-7-8-15(10-16(13)22)26-19-11-18(24-12-25-19)21(28)27-17-6-2-4-14-5-3-9-23-20(14)17/h2-12H,1H3,(H,27,28)(H,24,25,26). The molecule has 0 spiro atoms. The highest BCUT2D eigenvalue weighted by Gasteiger charge is 2.12. The third-order valence-electron chi connectivity index (χ3n) is 4.22. The number of anilines is 3. The lowest BCUT2D eigenvalue weighted by molar-refractivity contribution is 0.102. The summed E-state index contributed by atoms with van der Waals surface area (Å²) in [5, 5.41) is 7.60. The second-order valence-corrected chi connectivity index (χ2v) is 6.62. The fourth-order valence-electron chi connectivity index (χ4n) is 2.76. The summed E-state index contributed by atoms with van der Waals surface area (Å²) in [6.07, 6.45) is 3.03. The van der Waals surface area contributed by atoms with E-state index in [1.165, 1.54) is 6.33 Å². The van der Waals surface area contributed by atoms with E-state index in [-0.39, 0.29) is 11.6 Å². The van der Waals surface area contributed by atoms with Gasteiger partial charge in [0.2, 0.25) is 0 Å². The summed E-state index contributed by atoms with van der Waals surface area (Å²) in [7, 11) is 0.